The van der Waals surface area contributed by atoms with Gasteiger partial charge in [0.2, 0.25) is 11.8 Å². The number of hydrogen-bond acceptors (Lipinski definition) is 8. The predicted octanol–water partition coefficient (Wildman–Crippen LogP) is -0.706. The summed E-state index contributed by atoms with van der Waals surface area (Å²) in [6.07, 6.45) is 5.41. The van der Waals surface area contributed by atoms with Gasteiger partial charge in [-0.1, -0.05) is 0 Å². The van der Waals surface area contributed by atoms with Crippen LogP contribution in [0.15, 0.2) is 16.0 Å². The Morgan fingerprint density at radius 2 is 2.25 bits per heavy atom. The number of aromatic nitrogens is 6. The fraction of sp³-hybridized carbons (Fsp3) is 0.471. The first-order valence-electron chi connectivity index (χ1n) is 9.17. The topological polar surface area (TPSA) is 146 Å². The highest BCUT2D eigenvalue weighted by Gasteiger charge is 2.21. The third-order valence-corrected chi connectivity index (χ3v) is 4.09. The highest BCUT2D eigenvalue weighted by atomic mass is 16.5. The Labute approximate surface area is 159 Å². The van der Waals surface area contributed by atoms with E-state index in [2.05, 4.69) is 35.3 Å². The smallest absolute Gasteiger partial charge is 0.326 e. The molecule has 0 spiro atoms. The first kappa shape index (κ1) is 18.2. The number of ether oxygens (including phenoxy) is 1. The number of aromatic amines is 2. The van der Waals surface area contributed by atoms with E-state index in [9.17, 15) is 9.90 Å². The maximum atomic E-state index is 11.4. The average molecular weight is 386 g/mol. The van der Waals surface area contributed by atoms with Crippen molar-refractivity contribution >= 4 is 17.7 Å². The molecule has 0 radical (unpaired) electrons. The van der Waals surface area contributed by atoms with Gasteiger partial charge in [0.25, 0.3) is 5.62 Å². The van der Waals surface area contributed by atoms with Crippen LogP contribution in [0.2, 0.25) is 0 Å². The normalized spacial score (nSPS) is 15.8. The zero-order valence-corrected chi connectivity index (χ0v) is 15.6. The van der Waals surface area contributed by atoms with Crippen LogP contribution in [0.25, 0.3) is 11.7 Å². The molecule has 0 atom stereocenters. The van der Waals surface area contributed by atoms with Gasteiger partial charge in [0.1, 0.15) is 5.69 Å². The summed E-state index contributed by atoms with van der Waals surface area (Å²) >= 11 is 0. The second-order valence-electron chi connectivity index (χ2n) is 6.87. The second-order valence-corrected chi connectivity index (χ2v) is 6.87. The van der Waals surface area contributed by atoms with Crippen LogP contribution in [0.4, 0.5) is 5.95 Å². The van der Waals surface area contributed by atoms with Crippen molar-refractivity contribution in [2.75, 3.05) is 18.5 Å². The molecule has 0 aromatic carbocycles. The number of rotatable bonds is 7. The van der Waals surface area contributed by atoms with Gasteiger partial charge in [-0.2, -0.15) is 19.6 Å². The Morgan fingerprint density at radius 1 is 1.43 bits per heavy atom. The molecule has 11 heteroatoms. The van der Waals surface area contributed by atoms with Crippen LogP contribution in [0.1, 0.15) is 32.4 Å². The lowest BCUT2D eigenvalue weighted by Gasteiger charge is -2.08. The minimum atomic E-state index is -0.494. The molecule has 3 heterocycles. The monoisotopic (exact) mass is 386 g/mol. The molecule has 0 aliphatic heterocycles. The summed E-state index contributed by atoms with van der Waals surface area (Å²) in [4.78, 5) is 29.8. The molecule has 0 amide bonds. The minimum absolute atomic E-state index is 0.151. The Bertz CT molecular complexity index is 1160. The van der Waals surface area contributed by atoms with E-state index in [1.165, 1.54) is 0 Å². The van der Waals surface area contributed by atoms with Gasteiger partial charge in [-0.25, -0.2) is 9.79 Å². The Morgan fingerprint density at radius 3 is 2.93 bits per heavy atom. The van der Waals surface area contributed by atoms with Crippen molar-refractivity contribution in [2.24, 2.45) is 4.99 Å². The van der Waals surface area contributed by atoms with E-state index in [1.807, 2.05) is 13.8 Å². The number of fused-ring (bicyclic) bond motifs is 1. The predicted molar refractivity (Wildman–Crippen MR) is 101 cm³/mol. The minimum Gasteiger partial charge on any atom is -0.493 e. The van der Waals surface area contributed by atoms with Crippen LogP contribution in [-0.2, 0) is 4.74 Å². The number of H-pyrrole nitrogens is 2. The first-order chi connectivity index (χ1) is 13.5. The lowest BCUT2D eigenvalue weighted by molar-refractivity contribution is 0.0870. The number of nitrogens with zero attached hydrogens (tertiary/aromatic N) is 5. The van der Waals surface area contributed by atoms with E-state index >= 15 is 0 Å². The van der Waals surface area contributed by atoms with Crippen LogP contribution in [-0.4, -0.2) is 60.0 Å². The van der Waals surface area contributed by atoms with Crippen LogP contribution in [0, 0.1) is 0 Å². The number of aromatic hydroxyl groups is 1. The van der Waals surface area contributed by atoms with Gasteiger partial charge in [0.05, 0.1) is 24.9 Å². The van der Waals surface area contributed by atoms with Gasteiger partial charge in [-0.05, 0) is 32.8 Å². The van der Waals surface area contributed by atoms with Gasteiger partial charge in [0.15, 0.2) is 5.65 Å². The molecule has 0 saturated heterocycles. The van der Waals surface area contributed by atoms with Gasteiger partial charge >= 0.3 is 5.69 Å². The van der Waals surface area contributed by atoms with Crippen LogP contribution < -0.4 is 21.8 Å². The van der Waals surface area contributed by atoms with Crippen LogP contribution >= 0.6 is 0 Å². The van der Waals surface area contributed by atoms with Crippen molar-refractivity contribution in [1.82, 2.24) is 29.5 Å². The van der Waals surface area contributed by atoms with Gasteiger partial charge < -0.3 is 20.1 Å². The van der Waals surface area contributed by atoms with Crippen molar-refractivity contribution < 1.29 is 9.84 Å². The average Bonchev–Trinajstić information content (AvgIpc) is 3.28. The van der Waals surface area contributed by atoms with E-state index in [1.54, 1.807) is 16.8 Å². The summed E-state index contributed by atoms with van der Waals surface area (Å²) in [5.41, 5.74) is 0.736. The SMILES string of the molecule is CC(C)OCCNc1nc(=NC2CC2)n2nc/c(=C/c3[nH]c(=O)[nH]c3O)c2n1. The fourth-order valence-electron chi connectivity index (χ4n) is 2.62. The summed E-state index contributed by atoms with van der Waals surface area (Å²) in [6.45, 7) is 5.03. The van der Waals surface area contributed by atoms with Crippen molar-refractivity contribution in [3.8, 4) is 5.88 Å². The van der Waals surface area contributed by atoms with Crippen molar-refractivity contribution in [3.05, 3.63) is 33.2 Å². The molecule has 1 aliphatic carbocycles. The quantitative estimate of drug-likeness (QED) is 0.393. The van der Waals surface area contributed by atoms with Gasteiger partial charge in [-0.15, -0.1) is 0 Å². The first-order valence-corrected chi connectivity index (χ1v) is 9.17. The summed E-state index contributed by atoms with van der Waals surface area (Å²) in [5.74, 6) is 0.173. The molecule has 1 fully saturated rings. The maximum absolute atomic E-state index is 11.4. The molecule has 3 aromatic heterocycles. The molecule has 3 aromatic rings. The zero-order chi connectivity index (χ0) is 19.7. The van der Waals surface area contributed by atoms with Crippen molar-refractivity contribution in [3.63, 3.8) is 0 Å². The lowest BCUT2D eigenvalue weighted by Crippen LogP contribution is -2.25. The van der Waals surface area contributed by atoms with E-state index in [0.29, 0.717) is 35.6 Å². The summed E-state index contributed by atoms with van der Waals surface area (Å²) < 4.78 is 7.09. The van der Waals surface area contributed by atoms with E-state index in [0.717, 1.165) is 12.8 Å². The molecule has 4 rings (SSSR count). The Kier molecular flexibility index (Phi) is 4.82. The third kappa shape index (κ3) is 4.03. The molecule has 0 bridgehead atoms. The Balaban J connectivity index is 1.74. The van der Waals surface area contributed by atoms with Crippen molar-refractivity contribution in [2.45, 2.75) is 38.8 Å². The highest BCUT2D eigenvalue weighted by molar-refractivity contribution is 5.57. The van der Waals surface area contributed by atoms with Gasteiger partial charge in [0, 0.05) is 11.8 Å². The molecule has 11 nitrogen and oxygen atoms in total. The molecular weight excluding hydrogens is 364 g/mol. The van der Waals surface area contributed by atoms with Crippen LogP contribution in [0.3, 0.4) is 0 Å². The number of imidazole rings is 1. The number of nitrogens with one attached hydrogen (secondary N) is 3. The largest absolute Gasteiger partial charge is 0.493 e. The molecule has 1 aliphatic rings. The standard InChI is InChI=1S/C17H22N8O3/c1-9(2)28-6-5-18-15-22-13-10(7-12-14(26)23-17(27)21-12)8-19-25(13)16(24-15)20-11-3-4-11/h7-9,11,26H,3-6H2,1-2H3,(H,18,20,24)(H2,21,23,27)/b10-7-. The number of anilines is 1. The molecule has 4 N–H and O–H groups in total. The van der Waals surface area contributed by atoms with E-state index < -0.39 is 5.69 Å². The lowest BCUT2D eigenvalue weighted by atomic mass is 10.3. The van der Waals surface area contributed by atoms with Crippen molar-refractivity contribution in [1.29, 1.82) is 0 Å². The highest BCUT2D eigenvalue weighted by Crippen LogP contribution is 2.22. The van der Waals surface area contributed by atoms with Crippen LogP contribution in [0.5, 0.6) is 5.88 Å². The molecule has 0 unspecified atom stereocenters. The van der Waals surface area contributed by atoms with Gasteiger partial charge in [-0.3, -0.25) is 4.98 Å². The summed E-state index contributed by atoms with van der Waals surface area (Å²) in [7, 11) is 0. The number of hydrogen-bond donors (Lipinski definition) is 4. The molecular formula is C17H22N8O3. The maximum Gasteiger partial charge on any atom is 0.326 e. The van der Waals surface area contributed by atoms with E-state index in [4.69, 9.17) is 4.74 Å². The summed E-state index contributed by atoms with van der Waals surface area (Å²) in [6, 6.07) is 0.261. The third-order valence-electron chi connectivity index (χ3n) is 4.09. The molecule has 148 valence electrons. The zero-order valence-electron chi connectivity index (χ0n) is 15.6. The Hall–Kier alpha value is -3.21. The fourth-order valence-corrected chi connectivity index (χ4v) is 2.62. The second kappa shape index (κ2) is 7.43. The summed E-state index contributed by atoms with van der Waals surface area (Å²) in [5, 5.41) is 17.9. The molecule has 28 heavy (non-hydrogen) atoms. The van der Waals surface area contributed by atoms with E-state index in [-0.39, 0.29) is 23.7 Å². The molecule has 1 saturated carbocycles.